The average Bonchev–Trinajstić information content (AvgIpc) is 2.85. The molecule has 0 spiro atoms. The van der Waals surface area contributed by atoms with Crippen LogP contribution < -0.4 is 5.73 Å². The van der Waals surface area contributed by atoms with E-state index >= 15 is 0 Å². The Kier molecular flexibility index (Phi) is 5.85. The molecule has 1 aromatic heterocycles. The van der Waals surface area contributed by atoms with Gasteiger partial charge >= 0.3 is 0 Å². The molecule has 1 heterocycles. The Balaban J connectivity index is 1.96. The van der Waals surface area contributed by atoms with Crippen molar-refractivity contribution < 1.29 is 4.52 Å². The van der Waals surface area contributed by atoms with Crippen molar-refractivity contribution in [3.63, 3.8) is 0 Å². The highest BCUT2D eigenvalue weighted by Crippen LogP contribution is 2.30. The van der Waals surface area contributed by atoms with E-state index in [0.717, 1.165) is 29.7 Å². The number of nitrogens with two attached hydrogens (primary N) is 1. The normalized spacial score (nSPS) is 11.0. The van der Waals surface area contributed by atoms with Gasteiger partial charge in [0.2, 0.25) is 0 Å². The number of aryl methyl sites for hydroxylation is 2. The molecule has 2 rings (SSSR count). The minimum absolute atomic E-state index is 0.500. The zero-order valence-corrected chi connectivity index (χ0v) is 13.2. The molecule has 0 saturated heterocycles. The molecule has 0 atom stereocenters. The molecule has 0 aliphatic rings. The topological polar surface area (TPSA) is 52.0 Å². The molecule has 0 saturated carbocycles. The Hall–Kier alpha value is -1.77. The highest BCUT2D eigenvalue weighted by Gasteiger charge is 2.15. The summed E-state index contributed by atoms with van der Waals surface area (Å²) in [6.07, 6.45) is 8.56. The van der Waals surface area contributed by atoms with E-state index in [1.165, 1.54) is 37.7 Å². The van der Waals surface area contributed by atoms with E-state index in [1.54, 1.807) is 0 Å². The molecule has 0 bridgehead atoms. The number of aromatic nitrogens is 1. The van der Waals surface area contributed by atoms with E-state index in [1.807, 2.05) is 0 Å². The van der Waals surface area contributed by atoms with Crippen LogP contribution in [0.25, 0.3) is 11.1 Å². The molecule has 2 aromatic rings. The zero-order valence-electron chi connectivity index (χ0n) is 13.2. The second-order valence-electron chi connectivity index (χ2n) is 5.75. The van der Waals surface area contributed by atoms with Crippen LogP contribution in [0, 0.1) is 6.92 Å². The van der Waals surface area contributed by atoms with Gasteiger partial charge in [0.1, 0.15) is 5.76 Å². The lowest BCUT2D eigenvalue weighted by Crippen LogP contribution is -1.91. The van der Waals surface area contributed by atoms with Crippen LogP contribution in [0.15, 0.2) is 28.8 Å². The van der Waals surface area contributed by atoms with Gasteiger partial charge in [-0.2, -0.15) is 0 Å². The fraction of sp³-hybridized carbons (Fsp3) is 0.500. The van der Waals surface area contributed by atoms with Crippen molar-refractivity contribution in [3.8, 4) is 11.1 Å². The van der Waals surface area contributed by atoms with Crippen LogP contribution in [0.1, 0.15) is 56.8 Å². The van der Waals surface area contributed by atoms with Crippen LogP contribution in [0.5, 0.6) is 0 Å². The molecule has 0 radical (unpaired) electrons. The van der Waals surface area contributed by atoms with Crippen molar-refractivity contribution in [3.05, 3.63) is 35.6 Å². The molecule has 0 aliphatic heterocycles. The Morgan fingerprint density at radius 3 is 2.38 bits per heavy atom. The summed E-state index contributed by atoms with van der Waals surface area (Å²) in [5.41, 5.74) is 9.29. The summed E-state index contributed by atoms with van der Waals surface area (Å²) in [4.78, 5) is 0. The van der Waals surface area contributed by atoms with E-state index in [9.17, 15) is 0 Å². The van der Waals surface area contributed by atoms with E-state index < -0.39 is 0 Å². The predicted molar refractivity (Wildman–Crippen MR) is 88.2 cm³/mol. The fourth-order valence-corrected chi connectivity index (χ4v) is 2.60. The van der Waals surface area contributed by atoms with Gasteiger partial charge in [0, 0.05) is 6.42 Å². The highest BCUT2D eigenvalue weighted by atomic mass is 16.5. The molecule has 0 amide bonds. The highest BCUT2D eigenvalue weighted by molar-refractivity contribution is 5.75. The molecular formula is C18H26N2O. The van der Waals surface area contributed by atoms with Crippen molar-refractivity contribution in [1.82, 2.24) is 5.16 Å². The Morgan fingerprint density at radius 1 is 1.00 bits per heavy atom. The molecule has 1 aromatic carbocycles. The van der Waals surface area contributed by atoms with Gasteiger partial charge in [0.25, 0.3) is 0 Å². The summed E-state index contributed by atoms with van der Waals surface area (Å²) in [5.74, 6) is 1.42. The average molecular weight is 286 g/mol. The van der Waals surface area contributed by atoms with Gasteiger partial charge in [-0.1, -0.05) is 74.0 Å². The van der Waals surface area contributed by atoms with Crippen LogP contribution in [-0.2, 0) is 6.42 Å². The Labute approximate surface area is 127 Å². The molecular weight excluding hydrogens is 260 g/mol. The standard InChI is InChI=1S/C18H26N2O/c1-3-4-5-6-7-8-9-16-17(18(19)20-21-16)15-12-10-14(2)11-13-15/h10-13H,3-9H2,1-2H3,(H2,19,20). The molecule has 21 heavy (non-hydrogen) atoms. The van der Waals surface area contributed by atoms with Crippen LogP contribution in [0.4, 0.5) is 5.82 Å². The first-order chi connectivity index (χ1) is 10.2. The first-order valence-corrected chi connectivity index (χ1v) is 8.03. The quantitative estimate of drug-likeness (QED) is 0.684. The summed E-state index contributed by atoms with van der Waals surface area (Å²) in [5, 5.41) is 3.95. The maximum atomic E-state index is 5.98. The minimum Gasteiger partial charge on any atom is -0.380 e. The lowest BCUT2D eigenvalue weighted by molar-refractivity contribution is 0.381. The van der Waals surface area contributed by atoms with E-state index in [-0.39, 0.29) is 0 Å². The number of unbranched alkanes of at least 4 members (excludes halogenated alkanes) is 5. The van der Waals surface area contributed by atoms with Crippen molar-refractivity contribution in [1.29, 1.82) is 0 Å². The number of hydrogen-bond donors (Lipinski definition) is 1. The Morgan fingerprint density at radius 2 is 1.67 bits per heavy atom. The van der Waals surface area contributed by atoms with Gasteiger partial charge in [0.05, 0.1) is 5.56 Å². The summed E-state index contributed by atoms with van der Waals surface area (Å²) in [6.45, 7) is 4.32. The van der Waals surface area contributed by atoms with Crippen LogP contribution in [0.2, 0.25) is 0 Å². The SMILES string of the molecule is CCCCCCCCc1onc(N)c1-c1ccc(C)cc1. The fourth-order valence-electron chi connectivity index (χ4n) is 2.60. The van der Waals surface area contributed by atoms with Gasteiger partial charge in [-0.25, -0.2) is 0 Å². The molecule has 0 aliphatic carbocycles. The van der Waals surface area contributed by atoms with Crippen molar-refractivity contribution in [2.75, 3.05) is 5.73 Å². The van der Waals surface area contributed by atoms with Gasteiger partial charge in [-0.3, -0.25) is 0 Å². The van der Waals surface area contributed by atoms with E-state index in [4.69, 9.17) is 10.3 Å². The number of anilines is 1. The zero-order chi connectivity index (χ0) is 15.1. The lowest BCUT2D eigenvalue weighted by atomic mass is 10.0. The maximum Gasteiger partial charge on any atom is 0.175 e. The molecule has 0 fully saturated rings. The van der Waals surface area contributed by atoms with Gasteiger partial charge in [-0.05, 0) is 18.9 Å². The first-order valence-electron chi connectivity index (χ1n) is 8.03. The number of hydrogen-bond acceptors (Lipinski definition) is 3. The predicted octanol–water partition coefficient (Wildman–Crippen LogP) is 5.14. The number of nitrogen functional groups attached to an aromatic ring is 1. The van der Waals surface area contributed by atoms with Gasteiger partial charge < -0.3 is 10.3 Å². The maximum absolute atomic E-state index is 5.98. The number of benzene rings is 1. The molecule has 0 unspecified atom stereocenters. The number of nitrogens with zero attached hydrogens (tertiary/aromatic N) is 1. The first kappa shape index (κ1) is 15.6. The molecule has 3 nitrogen and oxygen atoms in total. The molecule has 2 N–H and O–H groups in total. The number of rotatable bonds is 8. The van der Waals surface area contributed by atoms with Crippen molar-refractivity contribution >= 4 is 5.82 Å². The molecule has 3 heteroatoms. The van der Waals surface area contributed by atoms with Crippen molar-refractivity contribution in [2.24, 2.45) is 0 Å². The minimum atomic E-state index is 0.500. The van der Waals surface area contributed by atoms with Crippen LogP contribution >= 0.6 is 0 Å². The second kappa shape index (κ2) is 7.87. The van der Waals surface area contributed by atoms with Crippen LogP contribution in [0.3, 0.4) is 0 Å². The third kappa shape index (κ3) is 4.35. The van der Waals surface area contributed by atoms with Crippen LogP contribution in [-0.4, -0.2) is 5.16 Å². The summed E-state index contributed by atoms with van der Waals surface area (Å²) in [6, 6.07) is 8.36. The Bertz CT molecular complexity index is 543. The summed E-state index contributed by atoms with van der Waals surface area (Å²) in [7, 11) is 0. The van der Waals surface area contributed by atoms with E-state index in [0.29, 0.717) is 5.82 Å². The second-order valence-corrected chi connectivity index (χ2v) is 5.75. The van der Waals surface area contributed by atoms with Gasteiger partial charge in [-0.15, -0.1) is 0 Å². The molecule has 114 valence electrons. The third-order valence-corrected chi connectivity index (χ3v) is 3.89. The van der Waals surface area contributed by atoms with Gasteiger partial charge in [0.15, 0.2) is 5.82 Å². The summed E-state index contributed by atoms with van der Waals surface area (Å²) >= 11 is 0. The largest absolute Gasteiger partial charge is 0.380 e. The smallest absolute Gasteiger partial charge is 0.175 e. The summed E-state index contributed by atoms with van der Waals surface area (Å²) < 4.78 is 5.43. The van der Waals surface area contributed by atoms with E-state index in [2.05, 4.69) is 43.3 Å². The third-order valence-electron chi connectivity index (χ3n) is 3.89. The lowest BCUT2D eigenvalue weighted by Gasteiger charge is -2.04. The monoisotopic (exact) mass is 286 g/mol. The van der Waals surface area contributed by atoms with Crippen molar-refractivity contribution in [2.45, 2.75) is 58.8 Å².